The average Bonchev–Trinajstić information content (AvgIpc) is 3.12. The highest BCUT2D eigenvalue weighted by molar-refractivity contribution is 5.82. The van der Waals surface area contributed by atoms with Crippen LogP contribution in [0.4, 0.5) is 8.78 Å². The van der Waals surface area contributed by atoms with E-state index in [-0.39, 0.29) is 5.91 Å². The summed E-state index contributed by atoms with van der Waals surface area (Å²) in [6.45, 7) is 0.802. The molecular formula is C15H18F2N6O. The number of hydrogen-bond donors (Lipinski definition) is 0. The number of alkyl halides is 2. The van der Waals surface area contributed by atoms with Crippen LogP contribution in [0.1, 0.15) is 17.3 Å². The zero-order chi connectivity index (χ0) is 16.9. The largest absolute Gasteiger partial charge is 0.329 e. The van der Waals surface area contributed by atoms with E-state index in [1.54, 1.807) is 28.0 Å². The number of fused-ring (bicyclic) bond motifs is 1. The van der Waals surface area contributed by atoms with E-state index in [0.29, 0.717) is 19.6 Å². The molecule has 2 aromatic rings. The molecule has 0 bridgehead atoms. The third kappa shape index (κ3) is 2.68. The maximum Gasteiger partial charge on any atom is 0.282 e. The van der Waals surface area contributed by atoms with Crippen LogP contribution in [0.25, 0.3) is 0 Å². The molecule has 1 saturated heterocycles. The van der Waals surface area contributed by atoms with Gasteiger partial charge >= 0.3 is 0 Å². The number of carbonyl (C=O) groups is 1. The quantitative estimate of drug-likeness (QED) is 0.826. The molecule has 0 N–H and O–H groups in total. The molecule has 1 atom stereocenters. The number of carbonyl (C=O) groups excluding carboxylic acids is 1. The fourth-order valence-corrected chi connectivity index (χ4v) is 3.37. The number of rotatable bonds is 3. The summed E-state index contributed by atoms with van der Waals surface area (Å²) in [4.78, 5) is 20.1. The highest BCUT2D eigenvalue weighted by Crippen LogP contribution is 2.31. The first-order chi connectivity index (χ1) is 11.4. The summed E-state index contributed by atoms with van der Waals surface area (Å²) in [5, 5.41) is 4.15. The molecule has 2 aromatic heterocycles. The summed E-state index contributed by atoms with van der Waals surface area (Å²) < 4.78 is 29.7. The van der Waals surface area contributed by atoms with Crippen molar-refractivity contribution in [1.82, 2.24) is 29.1 Å². The molecule has 1 unspecified atom stereocenters. The highest BCUT2D eigenvalue weighted by Gasteiger charge is 2.48. The van der Waals surface area contributed by atoms with Gasteiger partial charge in [0.1, 0.15) is 6.04 Å². The van der Waals surface area contributed by atoms with E-state index in [1.165, 1.54) is 4.90 Å². The molecule has 0 saturated carbocycles. The third-order valence-electron chi connectivity index (χ3n) is 4.50. The van der Waals surface area contributed by atoms with Crippen molar-refractivity contribution in [2.45, 2.75) is 25.1 Å². The van der Waals surface area contributed by atoms with Crippen molar-refractivity contribution in [2.24, 2.45) is 7.05 Å². The second kappa shape index (κ2) is 5.37. The Morgan fingerprint density at radius 2 is 2.17 bits per heavy atom. The van der Waals surface area contributed by atoms with Gasteiger partial charge in [-0.1, -0.05) is 0 Å². The summed E-state index contributed by atoms with van der Waals surface area (Å²) in [6.07, 6.45) is 7.05. The Hall–Kier alpha value is -2.29. The number of likely N-dealkylation sites (tertiary alicyclic amines) is 1. The summed E-state index contributed by atoms with van der Waals surface area (Å²) in [5.74, 6) is -3.02. The van der Waals surface area contributed by atoms with Crippen molar-refractivity contribution in [2.75, 3.05) is 19.6 Å². The number of nitrogens with zero attached hydrogens (tertiary/aromatic N) is 6. The van der Waals surface area contributed by atoms with E-state index in [2.05, 4.69) is 15.0 Å². The Balaban J connectivity index is 1.52. The SMILES string of the molecule is Cn1cc(CN2Cc3cncn3C(C(=O)N3CC(F)(F)C3)C2)cn1. The lowest BCUT2D eigenvalue weighted by Crippen LogP contribution is -2.61. The van der Waals surface area contributed by atoms with Crippen LogP contribution in [-0.2, 0) is 24.9 Å². The molecule has 0 spiro atoms. The maximum absolute atomic E-state index is 13.1. The number of hydrogen-bond acceptors (Lipinski definition) is 4. The van der Waals surface area contributed by atoms with E-state index in [0.717, 1.165) is 11.3 Å². The number of imidazole rings is 1. The molecule has 4 rings (SSSR count). The summed E-state index contributed by atoms with van der Waals surface area (Å²) >= 11 is 0. The van der Waals surface area contributed by atoms with Gasteiger partial charge in [0.05, 0.1) is 31.3 Å². The third-order valence-corrected chi connectivity index (χ3v) is 4.50. The van der Waals surface area contributed by atoms with Gasteiger partial charge in [-0.3, -0.25) is 14.4 Å². The molecule has 1 fully saturated rings. The number of halogens is 2. The van der Waals surface area contributed by atoms with Gasteiger partial charge in [-0.15, -0.1) is 0 Å². The lowest BCUT2D eigenvalue weighted by atomic mass is 10.1. The zero-order valence-electron chi connectivity index (χ0n) is 13.3. The molecule has 128 valence electrons. The molecule has 1 amide bonds. The van der Waals surface area contributed by atoms with Crippen molar-refractivity contribution in [1.29, 1.82) is 0 Å². The van der Waals surface area contributed by atoms with E-state index in [1.807, 2.05) is 13.2 Å². The molecule has 24 heavy (non-hydrogen) atoms. The Bertz CT molecular complexity index is 762. The van der Waals surface area contributed by atoms with E-state index >= 15 is 0 Å². The lowest BCUT2D eigenvalue weighted by Gasteiger charge is -2.42. The van der Waals surface area contributed by atoms with Gasteiger partial charge in [0.15, 0.2) is 0 Å². The molecule has 4 heterocycles. The number of amides is 1. The van der Waals surface area contributed by atoms with Crippen LogP contribution in [0.5, 0.6) is 0 Å². The van der Waals surface area contributed by atoms with Gasteiger partial charge in [0.25, 0.3) is 5.92 Å². The van der Waals surface area contributed by atoms with Crippen LogP contribution >= 0.6 is 0 Å². The van der Waals surface area contributed by atoms with Crippen molar-refractivity contribution in [3.8, 4) is 0 Å². The molecule has 0 radical (unpaired) electrons. The smallest absolute Gasteiger partial charge is 0.282 e. The van der Waals surface area contributed by atoms with Crippen molar-refractivity contribution < 1.29 is 13.6 Å². The Labute approximate surface area is 137 Å². The standard InChI is InChI=1S/C15H18F2N6O/c1-20-4-11(2-19-20)5-21-6-12-3-18-10-23(12)13(7-21)14(24)22-8-15(16,17)9-22/h2-4,10,13H,5-9H2,1H3. The topological polar surface area (TPSA) is 59.2 Å². The molecule has 2 aliphatic heterocycles. The highest BCUT2D eigenvalue weighted by atomic mass is 19.3. The Morgan fingerprint density at radius 3 is 2.83 bits per heavy atom. The summed E-state index contributed by atoms with van der Waals surface area (Å²) in [6, 6.07) is -0.510. The van der Waals surface area contributed by atoms with Gasteiger partial charge < -0.3 is 9.47 Å². The van der Waals surface area contributed by atoms with Gasteiger partial charge in [0.2, 0.25) is 5.91 Å². The molecule has 0 aromatic carbocycles. The fraction of sp³-hybridized carbons (Fsp3) is 0.533. The molecular weight excluding hydrogens is 318 g/mol. The predicted octanol–water partition coefficient (Wildman–Crippen LogP) is 0.651. The van der Waals surface area contributed by atoms with Crippen LogP contribution in [-0.4, -0.2) is 60.6 Å². The first-order valence-corrected chi connectivity index (χ1v) is 7.78. The fourth-order valence-electron chi connectivity index (χ4n) is 3.37. The van der Waals surface area contributed by atoms with Gasteiger partial charge in [-0.05, 0) is 0 Å². The molecule has 0 aliphatic carbocycles. The molecule has 2 aliphatic rings. The molecule has 9 heteroatoms. The second-order valence-corrected chi connectivity index (χ2v) is 6.55. The minimum absolute atomic E-state index is 0.268. The average molecular weight is 336 g/mol. The lowest BCUT2D eigenvalue weighted by molar-refractivity contribution is -0.170. The van der Waals surface area contributed by atoms with Crippen LogP contribution in [0.2, 0.25) is 0 Å². The number of aryl methyl sites for hydroxylation is 1. The summed E-state index contributed by atoms with van der Waals surface area (Å²) in [5.41, 5.74) is 1.96. The van der Waals surface area contributed by atoms with Crippen LogP contribution in [0.15, 0.2) is 24.9 Å². The minimum Gasteiger partial charge on any atom is -0.329 e. The first-order valence-electron chi connectivity index (χ1n) is 7.78. The monoisotopic (exact) mass is 336 g/mol. The Kier molecular flexibility index (Phi) is 3.41. The normalized spacial score (nSPS) is 23.0. The van der Waals surface area contributed by atoms with Crippen molar-refractivity contribution >= 4 is 5.91 Å². The van der Waals surface area contributed by atoms with E-state index < -0.39 is 25.1 Å². The van der Waals surface area contributed by atoms with E-state index in [9.17, 15) is 13.6 Å². The minimum atomic E-state index is -2.75. The van der Waals surface area contributed by atoms with Crippen LogP contribution < -0.4 is 0 Å². The molecule has 7 nitrogen and oxygen atoms in total. The van der Waals surface area contributed by atoms with E-state index in [4.69, 9.17) is 0 Å². The summed E-state index contributed by atoms with van der Waals surface area (Å²) in [7, 11) is 1.85. The van der Waals surface area contributed by atoms with Crippen LogP contribution in [0.3, 0.4) is 0 Å². The second-order valence-electron chi connectivity index (χ2n) is 6.55. The van der Waals surface area contributed by atoms with Gasteiger partial charge in [0, 0.05) is 44.6 Å². The van der Waals surface area contributed by atoms with Crippen LogP contribution in [0, 0.1) is 0 Å². The predicted molar refractivity (Wildman–Crippen MR) is 80.1 cm³/mol. The van der Waals surface area contributed by atoms with Crippen molar-refractivity contribution in [3.05, 3.63) is 36.2 Å². The van der Waals surface area contributed by atoms with Crippen molar-refractivity contribution in [3.63, 3.8) is 0 Å². The Morgan fingerprint density at radius 1 is 1.38 bits per heavy atom. The van der Waals surface area contributed by atoms with Gasteiger partial charge in [-0.2, -0.15) is 5.10 Å². The maximum atomic E-state index is 13.1. The number of aromatic nitrogens is 4. The van der Waals surface area contributed by atoms with Gasteiger partial charge in [-0.25, -0.2) is 13.8 Å². The zero-order valence-corrected chi connectivity index (χ0v) is 13.3. The first kappa shape index (κ1) is 15.3.